The van der Waals surface area contributed by atoms with E-state index in [2.05, 4.69) is 35.5 Å². The summed E-state index contributed by atoms with van der Waals surface area (Å²) in [6, 6.07) is 0. The van der Waals surface area contributed by atoms with Crippen molar-refractivity contribution in [3.8, 4) is 0 Å². The third-order valence-electron chi connectivity index (χ3n) is 2.65. The predicted molar refractivity (Wildman–Crippen MR) is 51.6 cm³/mol. The lowest BCUT2D eigenvalue weighted by molar-refractivity contribution is 0.385. The lowest BCUT2D eigenvalue weighted by Gasteiger charge is -2.17. The Morgan fingerprint density at radius 3 is 2.92 bits per heavy atom. The van der Waals surface area contributed by atoms with Crippen molar-refractivity contribution in [3.05, 3.63) is 11.6 Å². The van der Waals surface area contributed by atoms with Crippen molar-refractivity contribution >= 4 is 0 Å². The molecule has 1 aliphatic rings. The predicted octanol–water partition coefficient (Wildman–Crippen LogP) is 1.98. The molecule has 0 amide bonds. The molecule has 0 aliphatic carbocycles. The largest absolute Gasteiger partial charge is 0.250 e. The Kier molecular flexibility index (Phi) is 2.10. The fraction of sp³-hybridized carbons (Fsp3) is 0.800. The molecule has 2 rings (SSSR count). The average molecular weight is 179 g/mol. The van der Waals surface area contributed by atoms with E-state index in [0.717, 1.165) is 24.7 Å². The highest BCUT2D eigenvalue weighted by molar-refractivity contribution is 4.99. The highest BCUT2D eigenvalue weighted by Crippen LogP contribution is 2.20. The van der Waals surface area contributed by atoms with E-state index < -0.39 is 0 Å². The zero-order chi connectivity index (χ0) is 9.42. The van der Waals surface area contributed by atoms with E-state index in [1.807, 2.05) is 0 Å². The van der Waals surface area contributed by atoms with Crippen molar-refractivity contribution in [2.45, 2.75) is 46.1 Å². The van der Waals surface area contributed by atoms with Gasteiger partial charge in [-0.3, -0.25) is 0 Å². The van der Waals surface area contributed by atoms with Crippen LogP contribution in [0.2, 0.25) is 0 Å². The monoisotopic (exact) mass is 179 g/mol. The molecule has 3 heteroatoms. The number of hydrogen-bond acceptors (Lipinski definition) is 2. The second-order valence-corrected chi connectivity index (χ2v) is 4.36. The Bertz CT molecular complexity index is 301. The molecule has 1 aromatic heterocycles. The van der Waals surface area contributed by atoms with E-state index in [9.17, 15) is 0 Å². The van der Waals surface area contributed by atoms with E-state index in [4.69, 9.17) is 0 Å². The molecule has 1 aliphatic heterocycles. The molecule has 3 nitrogen and oxygen atoms in total. The van der Waals surface area contributed by atoms with Crippen LogP contribution in [-0.2, 0) is 13.0 Å². The molecule has 2 heterocycles. The first kappa shape index (κ1) is 8.73. The van der Waals surface area contributed by atoms with E-state index in [1.165, 1.54) is 12.2 Å². The lowest BCUT2D eigenvalue weighted by atomic mass is 10.0. The molecule has 0 radical (unpaired) electrons. The Balaban J connectivity index is 2.28. The van der Waals surface area contributed by atoms with Crippen molar-refractivity contribution in [1.82, 2.24) is 14.8 Å². The number of hydrogen-bond donors (Lipinski definition) is 0. The number of rotatable bonds is 1. The van der Waals surface area contributed by atoms with Gasteiger partial charge in [-0.25, -0.2) is 9.67 Å². The van der Waals surface area contributed by atoms with Gasteiger partial charge in [0.25, 0.3) is 0 Å². The minimum Gasteiger partial charge on any atom is -0.250 e. The molecule has 1 aromatic rings. The first-order valence-corrected chi connectivity index (χ1v) is 5.10. The summed E-state index contributed by atoms with van der Waals surface area (Å²) in [5.74, 6) is 3.41. The van der Waals surface area contributed by atoms with Gasteiger partial charge in [0.2, 0.25) is 0 Å². The molecule has 1 atom stereocenters. The van der Waals surface area contributed by atoms with Gasteiger partial charge in [0.05, 0.1) is 0 Å². The van der Waals surface area contributed by atoms with E-state index in [1.54, 1.807) is 0 Å². The van der Waals surface area contributed by atoms with Crippen LogP contribution in [0.4, 0.5) is 0 Å². The van der Waals surface area contributed by atoms with Crippen LogP contribution in [0.5, 0.6) is 0 Å². The highest BCUT2D eigenvalue weighted by atomic mass is 15.4. The zero-order valence-electron chi connectivity index (χ0n) is 8.62. The maximum Gasteiger partial charge on any atom is 0.153 e. The van der Waals surface area contributed by atoms with Gasteiger partial charge in [-0.15, -0.1) is 0 Å². The van der Waals surface area contributed by atoms with Gasteiger partial charge >= 0.3 is 0 Å². The molecule has 0 saturated heterocycles. The number of aromatic nitrogens is 3. The quantitative estimate of drug-likeness (QED) is 0.660. The molecule has 0 spiro atoms. The van der Waals surface area contributed by atoms with Crippen LogP contribution >= 0.6 is 0 Å². The maximum atomic E-state index is 4.55. The van der Waals surface area contributed by atoms with Crippen LogP contribution in [0.1, 0.15) is 44.8 Å². The fourth-order valence-electron chi connectivity index (χ4n) is 1.72. The molecule has 1 unspecified atom stereocenters. The van der Waals surface area contributed by atoms with Crippen molar-refractivity contribution in [1.29, 1.82) is 0 Å². The van der Waals surface area contributed by atoms with Crippen LogP contribution in [0.25, 0.3) is 0 Å². The Labute approximate surface area is 79.2 Å². The third kappa shape index (κ3) is 1.60. The van der Waals surface area contributed by atoms with Crippen molar-refractivity contribution in [3.63, 3.8) is 0 Å². The van der Waals surface area contributed by atoms with Gasteiger partial charge in [-0.05, 0) is 12.3 Å². The summed E-state index contributed by atoms with van der Waals surface area (Å²) >= 11 is 0. The highest BCUT2D eigenvalue weighted by Gasteiger charge is 2.19. The summed E-state index contributed by atoms with van der Waals surface area (Å²) < 4.78 is 2.08. The van der Waals surface area contributed by atoms with Crippen molar-refractivity contribution in [2.24, 2.45) is 5.92 Å². The van der Waals surface area contributed by atoms with Gasteiger partial charge in [0, 0.05) is 18.9 Å². The SMILES string of the molecule is CC1CCn2nc(C(C)C)nc2C1. The second kappa shape index (κ2) is 3.13. The fourth-order valence-corrected chi connectivity index (χ4v) is 1.72. The number of fused-ring (bicyclic) bond motifs is 1. The molecular weight excluding hydrogens is 162 g/mol. The summed E-state index contributed by atoms with van der Waals surface area (Å²) in [5, 5.41) is 4.49. The third-order valence-corrected chi connectivity index (χ3v) is 2.65. The molecule has 0 aromatic carbocycles. The molecule has 0 saturated carbocycles. The lowest BCUT2D eigenvalue weighted by Crippen LogP contribution is -2.18. The Morgan fingerprint density at radius 2 is 2.23 bits per heavy atom. The first-order chi connectivity index (χ1) is 6.16. The van der Waals surface area contributed by atoms with Crippen molar-refractivity contribution < 1.29 is 0 Å². The van der Waals surface area contributed by atoms with Crippen LogP contribution in [0.15, 0.2) is 0 Å². The Hall–Kier alpha value is -0.860. The summed E-state index contributed by atoms with van der Waals surface area (Å²) in [6.45, 7) is 7.62. The molecular formula is C10H17N3. The smallest absolute Gasteiger partial charge is 0.153 e. The minimum atomic E-state index is 0.452. The van der Waals surface area contributed by atoms with Gasteiger partial charge in [0.1, 0.15) is 5.82 Å². The van der Waals surface area contributed by atoms with Crippen LogP contribution in [-0.4, -0.2) is 14.8 Å². The summed E-state index contributed by atoms with van der Waals surface area (Å²) in [4.78, 5) is 4.55. The average Bonchev–Trinajstić information content (AvgIpc) is 2.46. The molecule has 0 bridgehead atoms. The normalized spacial score (nSPS) is 22.0. The topological polar surface area (TPSA) is 30.7 Å². The van der Waals surface area contributed by atoms with Crippen LogP contribution in [0, 0.1) is 5.92 Å². The standard InChI is InChI=1S/C10H17N3/c1-7(2)10-11-9-6-8(3)4-5-13(9)12-10/h7-8H,4-6H2,1-3H3. The van der Waals surface area contributed by atoms with Gasteiger partial charge in [-0.1, -0.05) is 20.8 Å². The van der Waals surface area contributed by atoms with Crippen LogP contribution in [0.3, 0.4) is 0 Å². The molecule has 72 valence electrons. The van der Waals surface area contributed by atoms with E-state index >= 15 is 0 Å². The van der Waals surface area contributed by atoms with E-state index in [0.29, 0.717) is 5.92 Å². The molecule has 13 heavy (non-hydrogen) atoms. The minimum absolute atomic E-state index is 0.452. The van der Waals surface area contributed by atoms with Crippen LogP contribution < -0.4 is 0 Å². The Morgan fingerprint density at radius 1 is 1.46 bits per heavy atom. The number of nitrogens with zero attached hydrogens (tertiary/aromatic N) is 3. The summed E-state index contributed by atoms with van der Waals surface area (Å²) in [6.07, 6.45) is 2.34. The van der Waals surface area contributed by atoms with E-state index in [-0.39, 0.29) is 0 Å². The summed E-state index contributed by atoms with van der Waals surface area (Å²) in [5.41, 5.74) is 0. The van der Waals surface area contributed by atoms with Gasteiger partial charge in [-0.2, -0.15) is 5.10 Å². The van der Waals surface area contributed by atoms with Gasteiger partial charge in [0.15, 0.2) is 5.82 Å². The maximum absolute atomic E-state index is 4.55. The summed E-state index contributed by atoms with van der Waals surface area (Å²) in [7, 11) is 0. The van der Waals surface area contributed by atoms with Crippen molar-refractivity contribution in [2.75, 3.05) is 0 Å². The number of aryl methyl sites for hydroxylation is 1. The first-order valence-electron chi connectivity index (χ1n) is 5.10. The molecule has 0 fully saturated rings. The molecule has 0 N–H and O–H groups in total. The second-order valence-electron chi connectivity index (χ2n) is 4.36. The zero-order valence-corrected chi connectivity index (χ0v) is 8.62. The van der Waals surface area contributed by atoms with Gasteiger partial charge < -0.3 is 0 Å².